The number of rotatable bonds is 7. The molecule has 1 amide bonds. The number of aryl methyl sites for hydroxylation is 1. The molecule has 0 aromatic heterocycles. The average molecular weight is 331 g/mol. The number of non-ortho nitro benzene ring substituents is 1. The lowest BCUT2D eigenvalue weighted by atomic mass is 10.2. The van der Waals surface area contributed by atoms with E-state index in [1.54, 1.807) is 24.3 Å². The van der Waals surface area contributed by atoms with Crippen LogP contribution in [0.25, 0.3) is 0 Å². The highest BCUT2D eigenvalue weighted by Gasteiger charge is 2.07. The first-order chi connectivity index (χ1) is 11.5. The lowest BCUT2D eigenvalue weighted by Gasteiger charge is -2.08. The maximum Gasteiger partial charge on any atom is 0.269 e. The van der Waals surface area contributed by atoms with Crippen LogP contribution < -0.4 is 10.6 Å². The summed E-state index contributed by atoms with van der Waals surface area (Å²) < 4.78 is 13.6. The van der Waals surface area contributed by atoms with E-state index in [-0.39, 0.29) is 23.7 Å². The van der Waals surface area contributed by atoms with Gasteiger partial charge in [0.05, 0.1) is 10.6 Å². The Morgan fingerprint density at radius 3 is 2.58 bits per heavy atom. The standard InChI is InChI=1S/C17H18FN3O3/c1-12-4-9-15(18)16(11-12)20-17(22)3-2-10-19-13-5-7-14(8-6-13)21(23)24/h4-9,11,19H,2-3,10H2,1H3,(H,20,22). The molecule has 0 aliphatic carbocycles. The number of nitrogens with one attached hydrogen (secondary N) is 2. The number of nitrogens with zero attached hydrogens (tertiary/aromatic N) is 1. The fraction of sp³-hybridized carbons (Fsp3) is 0.235. The van der Waals surface area contributed by atoms with Gasteiger partial charge in [0.25, 0.3) is 5.69 Å². The van der Waals surface area contributed by atoms with Crippen LogP contribution in [-0.4, -0.2) is 17.4 Å². The molecule has 2 aromatic rings. The molecule has 0 spiro atoms. The van der Waals surface area contributed by atoms with E-state index in [9.17, 15) is 19.3 Å². The first kappa shape index (κ1) is 17.4. The van der Waals surface area contributed by atoms with Gasteiger partial charge in [0.15, 0.2) is 0 Å². The largest absolute Gasteiger partial charge is 0.385 e. The molecular formula is C17H18FN3O3. The van der Waals surface area contributed by atoms with Crippen molar-refractivity contribution in [2.24, 2.45) is 0 Å². The number of hydrogen-bond donors (Lipinski definition) is 2. The predicted octanol–water partition coefficient (Wildman–Crippen LogP) is 3.87. The molecule has 0 saturated heterocycles. The minimum Gasteiger partial charge on any atom is -0.385 e. The molecule has 126 valence electrons. The fourth-order valence-corrected chi connectivity index (χ4v) is 2.13. The number of halogens is 1. The average Bonchev–Trinajstić information content (AvgIpc) is 2.55. The second-order valence-corrected chi connectivity index (χ2v) is 5.37. The van der Waals surface area contributed by atoms with Gasteiger partial charge >= 0.3 is 0 Å². The van der Waals surface area contributed by atoms with Gasteiger partial charge in [-0.3, -0.25) is 14.9 Å². The highest BCUT2D eigenvalue weighted by Crippen LogP contribution is 2.17. The molecule has 2 aromatic carbocycles. The fourth-order valence-electron chi connectivity index (χ4n) is 2.13. The number of carbonyl (C=O) groups excluding carboxylic acids is 1. The number of anilines is 2. The smallest absolute Gasteiger partial charge is 0.269 e. The Hall–Kier alpha value is -2.96. The number of nitro benzene ring substituents is 1. The highest BCUT2D eigenvalue weighted by atomic mass is 19.1. The van der Waals surface area contributed by atoms with Gasteiger partial charge in [-0.1, -0.05) is 6.07 Å². The quantitative estimate of drug-likeness (QED) is 0.458. The zero-order valence-electron chi connectivity index (χ0n) is 13.2. The molecule has 7 heteroatoms. The van der Waals surface area contributed by atoms with Crippen molar-refractivity contribution in [2.75, 3.05) is 17.2 Å². The van der Waals surface area contributed by atoms with Crippen LogP contribution in [0.3, 0.4) is 0 Å². The van der Waals surface area contributed by atoms with Crippen LogP contribution >= 0.6 is 0 Å². The summed E-state index contributed by atoms with van der Waals surface area (Å²) in [6, 6.07) is 10.6. The molecule has 0 aliphatic rings. The summed E-state index contributed by atoms with van der Waals surface area (Å²) in [5.74, 6) is -0.719. The van der Waals surface area contributed by atoms with Crippen LogP contribution in [0, 0.1) is 22.9 Å². The molecule has 0 unspecified atom stereocenters. The molecule has 0 bridgehead atoms. The summed E-state index contributed by atoms with van der Waals surface area (Å²) >= 11 is 0. The molecule has 0 fully saturated rings. The van der Waals surface area contributed by atoms with Crippen molar-refractivity contribution in [2.45, 2.75) is 19.8 Å². The Morgan fingerprint density at radius 2 is 1.92 bits per heavy atom. The minimum atomic E-state index is -0.460. The van der Waals surface area contributed by atoms with Crippen LogP contribution in [0.15, 0.2) is 42.5 Å². The van der Waals surface area contributed by atoms with Crippen LogP contribution in [0.2, 0.25) is 0 Å². The number of amides is 1. The van der Waals surface area contributed by atoms with E-state index >= 15 is 0 Å². The maximum atomic E-state index is 13.6. The van der Waals surface area contributed by atoms with Crippen molar-refractivity contribution >= 4 is 23.0 Å². The van der Waals surface area contributed by atoms with Crippen molar-refractivity contribution in [1.29, 1.82) is 0 Å². The van der Waals surface area contributed by atoms with E-state index < -0.39 is 10.7 Å². The highest BCUT2D eigenvalue weighted by molar-refractivity contribution is 5.90. The molecule has 24 heavy (non-hydrogen) atoms. The van der Waals surface area contributed by atoms with Crippen LogP contribution in [0.4, 0.5) is 21.5 Å². The molecule has 0 atom stereocenters. The molecule has 2 rings (SSSR count). The Balaban J connectivity index is 1.74. The third kappa shape index (κ3) is 5.05. The SMILES string of the molecule is Cc1ccc(F)c(NC(=O)CCCNc2ccc([N+](=O)[O-])cc2)c1. The molecule has 0 aliphatic heterocycles. The number of carbonyl (C=O) groups is 1. The Labute approximate surface area is 138 Å². The first-order valence-corrected chi connectivity index (χ1v) is 7.50. The normalized spacial score (nSPS) is 10.2. The van der Waals surface area contributed by atoms with Gasteiger partial charge in [-0.05, 0) is 43.2 Å². The lowest BCUT2D eigenvalue weighted by molar-refractivity contribution is -0.384. The molecule has 2 N–H and O–H groups in total. The molecule has 0 saturated carbocycles. The summed E-state index contributed by atoms with van der Waals surface area (Å²) in [5.41, 5.74) is 1.82. The van der Waals surface area contributed by atoms with Crippen molar-refractivity contribution in [3.05, 3.63) is 64.0 Å². The van der Waals surface area contributed by atoms with E-state index in [4.69, 9.17) is 0 Å². The number of benzene rings is 2. The summed E-state index contributed by atoms with van der Waals surface area (Å²) in [6.45, 7) is 2.35. The summed E-state index contributed by atoms with van der Waals surface area (Å²) in [5, 5.41) is 16.2. The second-order valence-electron chi connectivity index (χ2n) is 5.37. The predicted molar refractivity (Wildman–Crippen MR) is 90.6 cm³/mol. The van der Waals surface area contributed by atoms with Crippen LogP contribution in [0.5, 0.6) is 0 Å². The third-order valence-electron chi connectivity index (χ3n) is 3.38. The number of hydrogen-bond acceptors (Lipinski definition) is 4. The van der Waals surface area contributed by atoms with Crippen molar-refractivity contribution in [3.8, 4) is 0 Å². The van der Waals surface area contributed by atoms with Crippen LogP contribution in [0.1, 0.15) is 18.4 Å². The Morgan fingerprint density at radius 1 is 1.21 bits per heavy atom. The monoisotopic (exact) mass is 331 g/mol. The van der Waals surface area contributed by atoms with Crippen molar-refractivity contribution < 1.29 is 14.1 Å². The zero-order valence-corrected chi connectivity index (χ0v) is 13.2. The minimum absolute atomic E-state index is 0.0279. The summed E-state index contributed by atoms with van der Waals surface area (Å²) in [4.78, 5) is 21.9. The van der Waals surface area contributed by atoms with E-state index in [1.807, 2.05) is 6.92 Å². The van der Waals surface area contributed by atoms with Gasteiger partial charge < -0.3 is 10.6 Å². The van der Waals surface area contributed by atoms with Gasteiger partial charge in [0.2, 0.25) is 5.91 Å². The summed E-state index contributed by atoms with van der Waals surface area (Å²) in [6.07, 6.45) is 0.795. The Kier molecular flexibility index (Phi) is 5.83. The van der Waals surface area contributed by atoms with Gasteiger partial charge in [0, 0.05) is 30.8 Å². The maximum absolute atomic E-state index is 13.6. The van der Waals surface area contributed by atoms with Crippen molar-refractivity contribution in [1.82, 2.24) is 0 Å². The van der Waals surface area contributed by atoms with Gasteiger partial charge in [-0.2, -0.15) is 0 Å². The molecular weight excluding hydrogens is 313 g/mol. The molecule has 0 heterocycles. The van der Waals surface area contributed by atoms with E-state index in [2.05, 4.69) is 10.6 Å². The third-order valence-corrected chi connectivity index (χ3v) is 3.38. The summed E-state index contributed by atoms with van der Waals surface area (Å²) in [7, 11) is 0. The van der Waals surface area contributed by atoms with E-state index in [0.29, 0.717) is 13.0 Å². The van der Waals surface area contributed by atoms with E-state index in [1.165, 1.54) is 18.2 Å². The van der Waals surface area contributed by atoms with Gasteiger partial charge in [-0.25, -0.2) is 4.39 Å². The van der Waals surface area contributed by atoms with Crippen LogP contribution in [-0.2, 0) is 4.79 Å². The van der Waals surface area contributed by atoms with Gasteiger partial charge in [0.1, 0.15) is 5.82 Å². The van der Waals surface area contributed by atoms with E-state index in [0.717, 1.165) is 11.3 Å². The molecule has 0 radical (unpaired) electrons. The zero-order chi connectivity index (χ0) is 17.5. The number of nitro groups is 1. The van der Waals surface area contributed by atoms with Crippen molar-refractivity contribution in [3.63, 3.8) is 0 Å². The Bertz CT molecular complexity index is 732. The topological polar surface area (TPSA) is 84.3 Å². The molecule has 6 nitrogen and oxygen atoms in total. The second kappa shape index (κ2) is 8.05. The first-order valence-electron chi connectivity index (χ1n) is 7.50. The lowest BCUT2D eigenvalue weighted by Crippen LogP contribution is -2.14. The van der Waals surface area contributed by atoms with Gasteiger partial charge in [-0.15, -0.1) is 0 Å².